The molecule has 3 rings (SSSR count). The number of anilines is 2. The number of aromatic nitrogens is 2. The lowest BCUT2D eigenvalue weighted by Crippen LogP contribution is -2.21. The molecule has 0 aliphatic rings. The highest BCUT2D eigenvalue weighted by Crippen LogP contribution is 2.22. The Hall–Kier alpha value is -3.02. The fourth-order valence-corrected chi connectivity index (χ4v) is 4.39. The zero-order valence-electron chi connectivity index (χ0n) is 18.5. The second-order valence-corrected chi connectivity index (χ2v) is 10.4. The molecule has 0 saturated heterocycles. The van der Waals surface area contributed by atoms with Crippen molar-refractivity contribution in [1.82, 2.24) is 14.9 Å². The fourth-order valence-electron chi connectivity index (χ4n) is 2.84. The van der Waals surface area contributed by atoms with E-state index >= 15 is 0 Å². The lowest BCUT2D eigenvalue weighted by Gasteiger charge is -2.12. The first-order valence-electron chi connectivity index (χ1n) is 10.1. The van der Waals surface area contributed by atoms with E-state index < -0.39 is 10.0 Å². The Morgan fingerprint density at radius 1 is 1.06 bits per heavy atom. The standard InChI is InChI=1S/C22H25N5O4S2/c1-15(28)32-14-20(29)17-5-9-22(24-13-17)26-33(30,31)18-6-7-19-16(12-18)4-8-21(25-19)23-10-11-27(2)3/h4-9,12-13H,10-11,14H2,1-3H3,(H,23,25)(H,24,26). The number of carbonyl (C=O) groups is 2. The number of sulfonamides is 1. The van der Waals surface area contributed by atoms with Crippen LogP contribution in [0.2, 0.25) is 0 Å². The summed E-state index contributed by atoms with van der Waals surface area (Å²) in [7, 11) is 0.0936. The Bertz CT molecular complexity index is 1260. The Labute approximate surface area is 197 Å². The summed E-state index contributed by atoms with van der Waals surface area (Å²) in [6.07, 6.45) is 1.29. The topological polar surface area (TPSA) is 121 Å². The molecule has 11 heteroatoms. The molecular formula is C22H25N5O4S2. The highest BCUT2D eigenvalue weighted by atomic mass is 32.2. The largest absolute Gasteiger partial charge is 0.369 e. The molecule has 174 valence electrons. The number of carbonyl (C=O) groups excluding carboxylic acids is 2. The van der Waals surface area contributed by atoms with Gasteiger partial charge >= 0.3 is 0 Å². The maximum absolute atomic E-state index is 12.8. The van der Waals surface area contributed by atoms with Crippen molar-refractivity contribution in [3.8, 4) is 0 Å². The molecule has 0 saturated carbocycles. The molecular weight excluding hydrogens is 462 g/mol. The number of nitrogens with zero attached hydrogens (tertiary/aromatic N) is 3. The average Bonchev–Trinajstić information content (AvgIpc) is 2.77. The first-order chi connectivity index (χ1) is 15.6. The number of hydrogen-bond acceptors (Lipinski definition) is 9. The number of nitrogens with one attached hydrogen (secondary N) is 2. The van der Waals surface area contributed by atoms with Crippen LogP contribution in [-0.2, 0) is 14.8 Å². The molecule has 3 aromatic rings. The normalized spacial score (nSPS) is 11.5. The summed E-state index contributed by atoms with van der Waals surface area (Å²) in [5.41, 5.74) is 0.978. The number of pyridine rings is 2. The third-order valence-corrected chi connectivity index (χ3v) is 6.73. The summed E-state index contributed by atoms with van der Waals surface area (Å²) in [4.78, 5) is 33.7. The highest BCUT2D eigenvalue weighted by molar-refractivity contribution is 8.14. The molecule has 33 heavy (non-hydrogen) atoms. The summed E-state index contributed by atoms with van der Waals surface area (Å²) in [6, 6.07) is 11.2. The van der Waals surface area contributed by atoms with E-state index in [1.54, 1.807) is 12.1 Å². The van der Waals surface area contributed by atoms with E-state index in [0.717, 1.165) is 30.7 Å². The van der Waals surface area contributed by atoms with E-state index in [9.17, 15) is 18.0 Å². The molecule has 2 aromatic heterocycles. The van der Waals surface area contributed by atoms with Gasteiger partial charge in [-0.05, 0) is 56.6 Å². The van der Waals surface area contributed by atoms with Crippen LogP contribution in [0.4, 0.5) is 11.6 Å². The lowest BCUT2D eigenvalue weighted by atomic mass is 10.2. The Morgan fingerprint density at radius 2 is 1.82 bits per heavy atom. The van der Waals surface area contributed by atoms with Gasteiger partial charge in [-0.3, -0.25) is 14.3 Å². The Morgan fingerprint density at radius 3 is 2.48 bits per heavy atom. The summed E-state index contributed by atoms with van der Waals surface area (Å²) in [5, 5.41) is 3.78. The smallest absolute Gasteiger partial charge is 0.263 e. The molecule has 0 fully saturated rings. The number of Topliss-reactive ketones (excluding diaryl/α,β-unsaturated/α-hetero) is 1. The van der Waals surface area contributed by atoms with Crippen LogP contribution in [0.5, 0.6) is 0 Å². The number of likely N-dealkylation sites (N-methyl/N-ethyl adjacent to an activating group) is 1. The van der Waals surface area contributed by atoms with Crippen LogP contribution >= 0.6 is 11.8 Å². The van der Waals surface area contributed by atoms with Crippen molar-refractivity contribution in [2.24, 2.45) is 0 Å². The van der Waals surface area contributed by atoms with E-state index in [4.69, 9.17) is 0 Å². The van der Waals surface area contributed by atoms with Crippen molar-refractivity contribution < 1.29 is 18.0 Å². The van der Waals surface area contributed by atoms with Crippen molar-refractivity contribution in [1.29, 1.82) is 0 Å². The van der Waals surface area contributed by atoms with Gasteiger partial charge < -0.3 is 10.2 Å². The van der Waals surface area contributed by atoms with Crippen LogP contribution in [0, 0.1) is 0 Å². The maximum atomic E-state index is 12.8. The first kappa shape index (κ1) is 24.6. The average molecular weight is 488 g/mol. The molecule has 0 aliphatic heterocycles. The third kappa shape index (κ3) is 6.98. The lowest BCUT2D eigenvalue weighted by molar-refractivity contribution is -0.109. The number of benzene rings is 1. The minimum Gasteiger partial charge on any atom is -0.369 e. The monoisotopic (exact) mass is 487 g/mol. The summed E-state index contributed by atoms with van der Waals surface area (Å²) < 4.78 is 28.1. The van der Waals surface area contributed by atoms with Crippen molar-refractivity contribution in [2.75, 3.05) is 43.0 Å². The number of thioether (sulfide) groups is 1. The maximum Gasteiger partial charge on any atom is 0.263 e. The van der Waals surface area contributed by atoms with E-state index in [2.05, 4.69) is 24.9 Å². The molecule has 1 aromatic carbocycles. The van der Waals surface area contributed by atoms with E-state index in [0.29, 0.717) is 16.5 Å². The van der Waals surface area contributed by atoms with Gasteiger partial charge in [0.1, 0.15) is 11.6 Å². The van der Waals surface area contributed by atoms with Crippen molar-refractivity contribution in [3.63, 3.8) is 0 Å². The first-order valence-corrected chi connectivity index (χ1v) is 12.6. The summed E-state index contributed by atoms with van der Waals surface area (Å²) in [6.45, 7) is 3.00. The SMILES string of the molecule is CC(=O)SCC(=O)c1ccc(NS(=O)(=O)c2ccc3nc(NCCN(C)C)ccc3c2)nc1. The van der Waals surface area contributed by atoms with Crippen LogP contribution in [-0.4, -0.2) is 67.1 Å². The minimum absolute atomic E-state index is 0.0140. The fraction of sp³-hybridized carbons (Fsp3) is 0.273. The van der Waals surface area contributed by atoms with Gasteiger partial charge in [0, 0.05) is 37.2 Å². The summed E-state index contributed by atoms with van der Waals surface area (Å²) in [5.74, 6) is 0.567. The van der Waals surface area contributed by atoms with Gasteiger partial charge in [0.05, 0.1) is 16.2 Å². The summed E-state index contributed by atoms with van der Waals surface area (Å²) >= 11 is 0.913. The molecule has 0 atom stereocenters. The van der Waals surface area contributed by atoms with E-state index in [1.807, 2.05) is 26.2 Å². The molecule has 0 aliphatic carbocycles. The number of hydrogen-bond donors (Lipinski definition) is 2. The second kappa shape index (κ2) is 10.7. The molecule has 2 heterocycles. The molecule has 0 unspecified atom stereocenters. The number of ketones is 1. The molecule has 0 amide bonds. The van der Waals surface area contributed by atoms with Crippen LogP contribution < -0.4 is 10.0 Å². The third-order valence-electron chi connectivity index (χ3n) is 4.57. The van der Waals surface area contributed by atoms with Gasteiger partial charge in [-0.15, -0.1) is 0 Å². The Balaban J connectivity index is 1.70. The van der Waals surface area contributed by atoms with Gasteiger partial charge in [0.25, 0.3) is 10.0 Å². The molecule has 9 nitrogen and oxygen atoms in total. The zero-order valence-corrected chi connectivity index (χ0v) is 20.2. The van der Waals surface area contributed by atoms with Crippen LogP contribution in [0.25, 0.3) is 10.9 Å². The van der Waals surface area contributed by atoms with Gasteiger partial charge in [-0.2, -0.15) is 0 Å². The molecule has 0 spiro atoms. The molecule has 0 bridgehead atoms. The number of rotatable bonds is 10. The number of fused-ring (bicyclic) bond motifs is 1. The highest BCUT2D eigenvalue weighted by Gasteiger charge is 2.16. The minimum atomic E-state index is -3.89. The predicted octanol–water partition coefficient (Wildman–Crippen LogP) is 2.87. The van der Waals surface area contributed by atoms with Gasteiger partial charge in [-0.25, -0.2) is 18.4 Å². The van der Waals surface area contributed by atoms with Crippen LogP contribution in [0.15, 0.2) is 53.6 Å². The van der Waals surface area contributed by atoms with Crippen LogP contribution in [0.3, 0.4) is 0 Å². The Kier molecular flexibility index (Phi) is 8.01. The van der Waals surface area contributed by atoms with Gasteiger partial charge in [-0.1, -0.05) is 11.8 Å². The van der Waals surface area contributed by atoms with E-state index in [1.165, 1.54) is 31.3 Å². The predicted molar refractivity (Wildman–Crippen MR) is 131 cm³/mol. The van der Waals surface area contributed by atoms with Crippen molar-refractivity contribution in [3.05, 3.63) is 54.2 Å². The van der Waals surface area contributed by atoms with Gasteiger partial charge in [0.15, 0.2) is 10.9 Å². The van der Waals surface area contributed by atoms with Crippen molar-refractivity contribution in [2.45, 2.75) is 11.8 Å². The zero-order chi connectivity index (χ0) is 24.0. The van der Waals surface area contributed by atoms with Crippen molar-refractivity contribution >= 4 is 55.2 Å². The second-order valence-electron chi connectivity index (χ2n) is 7.52. The van der Waals surface area contributed by atoms with Gasteiger partial charge in [0.2, 0.25) is 0 Å². The molecule has 2 N–H and O–H groups in total. The quantitative estimate of drug-likeness (QED) is 0.416. The van der Waals surface area contributed by atoms with Crippen LogP contribution in [0.1, 0.15) is 17.3 Å². The van der Waals surface area contributed by atoms with E-state index in [-0.39, 0.29) is 27.4 Å². The molecule has 0 radical (unpaired) electrons.